The van der Waals surface area contributed by atoms with E-state index in [0.29, 0.717) is 16.7 Å². The Morgan fingerprint density at radius 1 is 0.964 bits per heavy atom. The molecular weight excluding hydrogens is 358 g/mol. The van der Waals surface area contributed by atoms with E-state index in [1.165, 1.54) is 30.3 Å². The van der Waals surface area contributed by atoms with Crippen LogP contribution in [0.15, 0.2) is 54.6 Å². The van der Waals surface area contributed by atoms with Crippen molar-refractivity contribution >= 4 is 23.3 Å². The van der Waals surface area contributed by atoms with Gasteiger partial charge >= 0.3 is 5.97 Å². The van der Waals surface area contributed by atoms with Gasteiger partial charge in [-0.15, -0.1) is 0 Å². The van der Waals surface area contributed by atoms with Gasteiger partial charge in [0, 0.05) is 36.5 Å². The summed E-state index contributed by atoms with van der Waals surface area (Å²) < 4.78 is 0. The first-order valence-corrected chi connectivity index (χ1v) is 8.43. The van der Waals surface area contributed by atoms with E-state index in [0.717, 1.165) is 5.69 Å². The van der Waals surface area contributed by atoms with Crippen molar-refractivity contribution in [3.63, 3.8) is 0 Å². The number of nitrogens with two attached hydrogens (primary N) is 1. The number of pyridine rings is 1. The number of phenols is 1. The Hall–Kier alpha value is -3.87. The molecule has 3 aromatic rings. The maximum atomic E-state index is 12.8. The summed E-state index contributed by atoms with van der Waals surface area (Å²) in [6.45, 7) is 0. The molecule has 0 bridgehead atoms. The number of ketones is 1. The highest BCUT2D eigenvalue weighted by molar-refractivity contribution is 6.10. The Morgan fingerprint density at radius 2 is 1.61 bits per heavy atom. The Bertz CT molecular complexity index is 1060. The molecule has 0 unspecified atom stereocenters. The van der Waals surface area contributed by atoms with Crippen LogP contribution in [0.25, 0.3) is 11.3 Å². The van der Waals surface area contributed by atoms with Crippen LogP contribution in [0.2, 0.25) is 0 Å². The highest BCUT2D eigenvalue weighted by Gasteiger charge is 2.16. The van der Waals surface area contributed by atoms with Gasteiger partial charge in [0.1, 0.15) is 17.1 Å². The number of hydrogen-bond donors (Lipinski definition) is 3. The second-order valence-electron chi connectivity index (χ2n) is 6.44. The molecular formula is C21H19N3O4. The molecule has 3 rings (SSSR count). The fourth-order valence-electron chi connectivity index (χ4n) is 2.77. The smallest absolute Gasteiger partial charge is 0.339 e. The van der Waals surface area contributed by atoms with E-state index in [4.69, 9.17) is 10.8 Å². The minimum atomic E-state index is -1.19. The van der Waals surface area contributed by atoms with Gasteiger partial charge < -0.3 is 20.8 Å². The second kappa shape index (κ2) is 7.40. The summed E-state index contributed by atoms with van der Waals surface area (Å²) >= 11 is 0. The molecule has 0 saturated carbocycles. The lowest BCUT2D eigenvalue weighted by Crippen LogP contribution is -2.09. The first-order valence-electron chi connectivity index (χ1n) is 8.43. The van der Waals surface area contributed by atoms with E-state index >= 15 is 0 Å². The number of nitrogens with zero attached hydrogens (tertiary/aromatic N) is 2. The number of hydrogen-bond acceptors (Lipinski definition) is 6. The third-order valence-electron chi connectivity index (χ3n) is 4.34. The summed E-state index contributed by atoms with van der Waals surface area (Å²) in [4.78, 5) is 29.9. The number of rotatable bonds is 5. The van der Waals surface area contributed by atoms with Crippen molar-refractivity contribution in [1.82, 2.24) is 4.98 Å². The zero-order valence-electron chi connectivity index (χ0n) is 15.4. The van der Waals surface area contributed by atoms with E-state index in [9.17, 15) is 14.7 Å². The molecule has 1 aromatic heterocycles. The average molecular weight is 377 g/mol. The average Bonchev–Trinajstić information content (AvgIpc) is 2.67. The summed E-state index contributed by atoms with van der Waals surface area (Å²) in [7, 11) is 3.83. The van der Waals surface area contributed by atoms with Gasteiger partial charge in [-0.3, -0.25) is 4.79 Å². The number of benzene rings is 2. The Balaban J connectivity index is 1.98. The minimum absolute atomic E-state index is 0.0884. The summed E-state index contributed by atoms with van der Waals surface area (Å²) in [5.41, 5.74) is 7.98. The summed E-state index contributed by atoms with van der Waals surface area (Å²) in [5, 5.41) is 19.3. The van der Waals surface area contributed by atoms with Crippen molar-refractivity contribution in [3.05, 3.63) is 71.3 Å². The minimum Gasteiger partial charge on any atom is -0.507 e. The molecule has 0 aliphatic heterocycles. The van der Waals surface area contributed by atoms with E-state index < -0.39 is 5.97 Å². The largest absolute Gasteiger partial charge is 0.507 e. The first-order chi connectivity index (χ1) is 13.3. The standard InChI is InChI=1S/C21H19N3O4/c1-24(2)14-6-3-12(4-7-14)19(26)13-5-10-18(25)16(11-13)17-9-8-15(21(27)28)20(22)23-17/h3-11,25H,1-2H3,(H2,22,23)(H,27,28). The molecule has 28 heavy (non-hydrogen) atoms. The maximum Gasteiger partial charge on any atom is 0.339 e. The fourth-order valence-corrected chi connectivity index (χ4v) is 2.77. The van der Waals surface area contributed by atoms with Crippen LogP contribution in [0.5, 0.6) is 5.75 Å². The van der Waals surface area contributed by atoms with Gasteiger partial charge in [-0.05, 0) is 54.6 Å². The normalized spacial score (nSPS) is 10.5. The number of carboxylic acid groups (broad SMARTS) is 1. The monoisotopic (exact) mass is 377 g/mol. The Labute approximate surface area is 161 Å². The van der Waals surface area contributed by atoms with Crippen LogP contribution in [0.4, 0.5) is 11.5 Å². The SMILES string of the molecule is CN(C)c1ccc(C(=O)c2ccc(O)c(-c3ccc(C(=O)O)c(N)n3)c2)cc1. The number of nitrogen functional groups attached to an aromatic ring is 1. The molecule has 2 aromatic carbocycles. The summed E-state index contributed by atoms with van der Waals surface area (Å²) in [5.74, 6) is -1.65. The van der Waals surface area contributed by atoms with E-state index in [1.54, 1.807) is 12.1 Å². The van der Waals surface area contributed by atoms with Gasteiger partial charge in [0.25, 0.3) is 0 Å². The summed E-state index contributed by atoms with van der Waals surface area (Å²) in [6.07, 6.45) is 0. The lowest BCUT2D eigenvalue weighted by Gasteiger charge is -2.13. The number of carboxylic acids is 1. The van der Waals surface area contributed by atoms with Crippen LogP contribution < -0.4 is 10.6 Å². The molecule has 0 atom stereocenters. The van der Waals surface area contributed by atoms with Crippen molar-refractivity contribution in [1.29, 1.82) is 0 Å². The lowest BCUT2D eigenvalue weighted by atomic mass is 9.99. The van der Waals surface area contributed by atoms with Gasteiger partial charge in [0.05, 0.1) is 5.69 Å². The fraction of sp³-hybridized carbons (Fsp3) is 0.0952. The molecule has 4 N–H and O–H groups in total. The third-order valence-corrected chi connectivity index (χ3v) is 4.34. The molecule has 7 heteroatoms. The molecule has 0 saturated heterocycles. The molecule has 0 aliphatic carbocycles. The number of aromatic carboxylic acids is 1. The van der Waals surface area contributed by atoms with Crippen LogP contribution in [-0.4, -0.2) is 41.0 Å². The molecule has 1 heterocycles. The molecule has 0 spiro atoms. The number of aromatic hydroxyl groups is 1. The van der Waals surface area contributed by atoms with Crippen LogP contribution in [0, 0.1) is 0 Å². The highest BCUT2D eigenvalue weighted by atomic mass is 16.4. The Kier molecular flexibility index (Phi) is 5.00. The number of phenolic OH excluding ortho intramolecular Hbond substituents is 1. The predicted octanol–water partition coefficient (Wildman–Crippen LogP) is 3.03. The van der Waals surface area contributed by atoms with Crippen molar-refractivity contribution in [2.24, 2.45) is 0 Å². The van der Waals surface area contributed by atoms with Crippen LogP contribution in [0.1, 0.15) is 26.3 Å². The van der Waals surface area contributed by atoms with E-state index in [-0.39, 0.29) is 28.6 Å². The van der Waals surface area contributed by atoms with Gasteiger partial charge in [0.2, 0.25) is 0 Å². The van der Waals surface area contributed by atoms with Crippen LogP contribution in [0.3, 0.4) is 0 Å². The number of carbonyl (C=O) groups is 2. The zero-order chi connectivity index (χ0) is 20.4. The molecule has 0 radical (unpaired) electrons. The first kappa shape index (κ1) is 18.9. The van der Waals surface area contributed by atoms with Crippen molar-refractivity contribution in [3.8, 4) is 17.0 Å². The molecule has 0 aliphatic rings. The van der Waals surface area contributed by atoms with Gasteiger partial charge in [-0.25, -0.2) is 9.78 Å². The van der Waals surface area contributed by atoms with E-state index in [1.807, 2.05) is 31.1 Å². The maximum absolute atomic E-state index is 12.8. The van der Waals surface area contributed by atoms with Crippen molar-refractivity contribution in [2.45, 2.75) is 0 Å². The van der Waals surface area contributed by atoms with Crippen molar-refractivity contribution in [2.75, 3.05) is 24.7 Å². The zero-order valence-corrected chi connectivity index (χ0v) is 15.4. The van der Waals surface area contributed by atoms with Gasteiger partial charge in [0.15, 0.2) is 5.78 Å². The lowest BCUT2D eigenvalue weighted by molar-refractivity contribution is 0.0697. The quantitative estimate of drug-likeness (QED) is 0.585. The molecule has 0 amide bonds. The topological polar surface area (TPSA) is 117 Å². The molecule has 7 nitrogen and oxygen atoms in total. The number of anilines is 2. The number of aromatic nitrogens is 1. The number of carbonyl (C=O) groups excluding carboxylic acids is 1. The Morgan fingerprint density at radius 3 is 2.18 bits per heavy atom. The molecule has 142 valence electrons. The summed E-state index contributed by atoms with van der Waals surface area (Å²) in [6, 6.07) is 14.4. The van der Waals surface area contributed by atoms with Gasteiger partial charge in [-0.1, -0.05) is 0 Å². The third kappa shape index (κ3) is 3.64. The van der Waals surface area contributed by atoms with Gasteiger partial charge in [-0.2, -0.15) is 0 Å². The van der Waals surface area contributed by atoms with Crippen LogP contribution in [-0.2, 0) is 0 Å². The predicted molar refractivity (Wildman–Crippen MR) is 107 cm³/mol. The van der Waals surface area contributed by atoms with E-state index in [2.05, 4.69) is 4.98 Å². The molecule has 0 fully saturated rings. The van der Waals surface area contributed by atoms with Crippen LogP contribution >= 0.6 is 0 Å². The van der Waals surface area contributed by atoms with Crippen molar-refractivity contribution < 1.29 is 19.8 Å². The highest BCUT2D eigenvalue weighted by Crippen LogP contribution is 2.31. The second-order valence-corrected chi connectivity index (χ2v) is 6.44.